The van der Waals surface area contributed by atoms with Gasteiger partial charge in [0.2, 0.25) is 0 Å². The fraction of sp³-hybridized carbons (Fsp3) is 0.0909. The molecule has 5 N–H and O–H groups in total. The molecule has 6 heteroatoms. The average Bonchev–Trinajstić information content (AvgIpc) is 2.77. The topological polar surface area (TPSA) is 104 Å². The summed E-state index contributed by atoms with van der Waals surface area (Å²) >= 11 is 0. The van der Waals surface area contributed by atoms with Gasteiger partial charge in [0.15, 0.2) is 0 Å². The number of hydrogen-bond donors (Lipinski definition) is 4. The maximum atomic E-state index is 11.8. The molecule has 0 saturated carbocycles. The minimum atomic E-state index is -0.415. The third-order valence-corrected chi connectivity index (χ3v) is 2.33. The molecule has 0 spiro atoms. The van der Waals surface area contributed by atoms with E-state index in [1.54, 1.807) is 12.1 Å². The smallest absolute Gasteiger partial charge is 0.323 e. The normalized spacial score (nSPS) is 10.2. The lowest BCUT2D eigenvalue weighted by Crippen LogP contribution is -2.15. The fourth-order valence-electron chi connectivity index (χ4n) is 1.46. The van der Waals surface area contributed by atoms with E-state index in [-0.39, 0.29) is 11.6 Å². The molecule has 0 aliphatic carbocycles. The van der Waals surface area contributed by atoms with Crippen LogP contribution in [-0.2, 0) is 6.54 Å². The van der Waals surface area contributed by atoms with Gasteiger partial charge in [0.1, 0.15) is 5.69 Å². The van der Waals surface area contributed by atoms with Crippen LogP contribution in [0.4, 0.5) is 5.69 Å². The molecule has 2 aromatic rings. The molecule has 0 saturated heterocycles. The lowest BCUT2D eigenvalue weighted by molar-refractivity contribution is 0.102. The van der Waals surface area contributed by atoms with Gasteiger partial charge >= 0.3 is 5.69 Å². The van der Waals surface area contributed by atoms with Crippen molar-refractivity contribution in [2.24, 2.45) is 5.73 Å². The molecule has 2 rings (SSSR count). The summed E-state index contributed by atoms with van der Waals surface area (Å²) in [5, 5.41) is 2.68. The predicted octanol–water partition coefficient (Wildman–Crippen LogP) is 0.414. The van der Waals surface area contributed by atoms with Crippen molar-refractivity contribution in [3.63, 3.8) is 0 Å². The van der Waals surface area contributed by atoms with Crippen LogP contribution in [0, 0.1) is 0 Å². The van der Waals surface area contributed by atoms with E-state index < -0.39 is 5.69 Å². The zero-order chi connectivity index (χ0) is 12.3. The van der Waals surface area contributed by atoms with Gasteiger partial charge in [-0.05, 0) is 11.6 Å². The van der Waals surface area contributed by atoms with E-state index in [4.69, 9.17) is 5.73 Å². The van der Waals surface area contributed by atoms with Crippen molar-refractivity contribution in [2.45, 2.75) is 6.54 Å². The van der Waals surface area contributed by atoms with E-state index in [2.05, 4.69) is 15.3 Å². The molecule has 1 aromatic carbocycles. The Balaban J connectivity index is 2.21. The first kappa shape index (κ1) is 11.2. The number of hydrogen-bond acceptors (Lipinski definition) is 3. The van der Waals surface area contributed by atoms with Crippen LogP contribution in [0.3, 0.4) is 0 Å². The van der Waals surface area contributed by atoms with Crippen LogP contribution in [0.5, 0.6) is 0 Å². The first-order chi connectivity index (χ1) is 8.20. The Morgan fingerprint density at radius 1 is 1.35 bits per heavy atom. The Labute approximate surface area is 96.9 Å². The minimum Gasteiger partial charge on any atom is -0.326 e. The fourth-order valence-corrected chi connectivity index (χ4v) is 1.46. The van der Waals surface area contributed by atoms with E-state index in [0.717, 1.165) is 5.56 Å². The number of carbonyl (C=O) groups excluding carboxylic acids is 1. The van der Waals surface area contributed by atoms with Crippen LogP contribution < -0.4 is 16.7 Å². The number of nitrogens with two attached hydrogens (primary N) is 1. The molecule has 0 unspecified atom stereocenters. The molecule has 88 valence electrons. The molecule has 17 heavy (non-hydrogen) atoms. The highest BCUT2D eigenvalue weighted by Gasteiger charge is 2.09. The Bertz CT molecular complexity index is 585. The predicted molar refractivity (Wildman–Crippen MR) is 63.7 cm³/mol. The molecular formula is C11H12N4O2. The summed E-state index contributed by atoms with van der Waals surface area (Å²) in [4.78, 5) is 27.4. The number of benzene rings is 1. The Hall–Kier alpha value is -2.34. The van der Waals surface area contributed by atoms with E-state index in [1.165, 1.54) is 6.20 Å². The molecule has 0 aliphatic heterocycles. The van der Waals surface area contributed by atoms with E-state index >= 15 is 0 Å². The van der Waals surface area contributed by atoms with Crippen molar-refractivity contribution in [1.29, 1.82) is 0 Å². The second-order valence-electron chi connectivity index (χ2n) is 3.47. The number of H-pyrrole nitrogens is 2. The maximum absolute atomic E-state index is 11.8. The average molecular weight is 232 g/mol. The molecule has 6 nitrogen and oxygen atoms in total. The van der Waals surface area contributed by atoms with Crippen LogP contribution in [0.15, 0.2) is 35.3 Å². The molecular weight excluding hydrogens is 220 g/mol. The zero-order valence-corrected chi connectivity index (χ0v) is 8.99. The first-order valence-electron chi connectivity index (χ1n) is 5.07. The molecule has 0 bridgehead atoms. The van der Waals surface area contributed by atoms with Gasteiger partial charge in [0.25, 0.3) is 5.91 Å². The maximum Gasteiger partial charge on any atom is 0.323 e. The molecule has 1 amide bonds. The summed E-state index contributed by atoms with van der Waals surface area (Å²) in [6.45, 7) is 0.333. The van der Waals surface area contributed by atoms with Crippen molar-refractivity contribution in [3.8, 4) is 0 Å². The van der Waals surface area contributed by atoms with Crippen molar-refractivity contribution in [3.05, 3.63) is 52.2 Å². The standard InChI is InChI=1S/C11H12N4O2/c12-5-7-3-1-2-4-8(7)14-10(16)9-6-13-11(17)15-9/h1-4,6H,5,12H2,(H,14,16)(H2,13,15,17). The van der Waals surface area contributed by atoms with Gasteiger partial charge in [0, 0.05) is 18.4 Å². The van der Waals surface area contributed by atoms with Crippen molar-refractivity contribution in [2.75, 3.05) is 5.32 Å². The number of imidazole rings is 1. The number of para-hydroxylation sites is 1. The van der Waals surface area contributed by atoms with Gasteiger partial charge < -0.3 is 21.0 Å². The van der Waals surface area contributed by atoms with Crippen molar-refractivity contribution < 1.29 is 4.79 Å². The number of carbonyl (C=O) groups is 1. The Morgan fingerprint density at radius 3 is 2.76 bits per heavy atom. The first-order valence-corrected chi connectivity index (χ1v) is 5.07. The summed E-state index contributed by atoms with van der Waals surface area (Å²) in [6.07, 6.45) is 1.32. The largest absolute Gasteiger partial charge is 0.326 e. The van der Waals surface area contributed by atoms with Gasteiger partial charge in [-0.1, -0.05) is 18.2 Å². The SMILES string of the molecule is NCc1ccccc1NC(=O)c1c[nH]c(=O)[nH]1. The molecule has 1 heterocycles. The van der Waals surface area contributed by atoms with E-state index in [0.29, 0.717) is 12.2 Å². The van der Waals surface area contributed by atoms with Gasteiger partial charge in [-0.15, -0.1) is 0 Å². The number of anilines is 1. The summed E-state index contributed by atoms with van der Waals surface area (Å²) in [5.74, 6) is -0.385. The molecule has 0 fully saturated rings. The number of rotatable bonds is 3. The molecule has 0 radical (unpaired) electrons. The second kappa shape index (κ2) is 4.67. The summed E-state index contributed by atoms with van der Waals surface area (Å²) in [6, 6.07) is 7.23. The highest BCUT2D eigenvalue weighted by atomic mass is 16.2. The van der Waals surface area contributed by atoms with Gasteiger partial charge in [0.05, 0.1) is 0 Å². The van der Waals surface area contributed by atoms with Crippen molar-refractivity contribution in [1.82, 2.24) is 9.97 Å². The van der Waals surface area contributed by atoms with E-state index in [9.17, 15) is 9.59 Å². The van der Waals surface area contributed by atoms with Crippen LogP contribution in [-0.4, -0.2) is 15.9 Å². The van der Waals surface area contributed by atoms with Crippen LogP contribution in [0.2, 0.25) is 0 Å². The van der Waals surface area contributed by atoms with E-state index in [1.807, 2.05) is 12.1 Å². The number of aromatic nitrogens is 2. The molecule has 1 aromatic heterocycles. The molecule has 0 aliphatic rings. The lowest BCUT2D eigenvalue weighted by atomic mass is 10.2. The number of aromatic amines is 2. The quantitative estimate of drug-likeness (QED) is 0.616. The Kier molecular flexibility index (Phi) is 3.06. The highest BCUT2D eigenvalue weighted by molar-refractivity contribution is 6.03. The van der Waals surface area contributed by atoms with Crippen LogP contribution in [0.25, 0.3) is 0 Å². The monoisotopic (exact) mass is 232 g/mol. The zero-order valence-electron chi connectivity index (χ0n) is 8.99. The number of nitrogens with one attached hydrogen (secondary N) is 3. The van der Waals surface area contributed by atoms with Gasteiger partial charge in [-0.2, -0.15) is 0 Å². The summed E-state index contributed by atoms with van der Waals surface area (Å²) in [7, 11) is 0. The Morgan fingerprint density at radius 2 is 2.12 bits per heavy atom. The van der Waals surface area contributed by atoms with Gasteiger partial charge in [-0.3, -0.25) is 4.79 Å². The number of amides is 1. The highest BCUT2D eigenvalue weighted by Crippen LogP contribution is 2.14. The third kappa shape index (κ3) is 2.43. The minimum absolute atomic E-state index is 0.182. The van der Waals surface area contributed by atoms with Crippen LogP contribution in [0.1, 0.15) is 16.1 Å². The summed E-state index contributed by atoms with van der Waals surface area (Å²) in [5.41, 5.74) is 6.79. The third-order valence-electron chi connectivity index (χ3n) is 2.33. The van der Waals surface area contributed by atoms with Crippen LogP contribution >= 0.6 is 0 Å². The molecule has 0 atom stereocenters. The van der Waals surface area contributed by atoms with Crippen molar-refractivity contribution >= 4 is 11.6 Å². The second-order valence-corrected chi connectivity index (χ2v) is 3.47. The summed E-state index contributed by atoms with van der Waals surface area (Å²) < 4.78 is 0. The van der Waals surface area contributed by atoms with Gasteiger partial charge in [-0.25, -0.2) is 4.79 Å². The lowest BCUT2D eigenvalue weighted by Gasteiger charge is -2.08.